The van der Waals surface area contributed by atoms with E-state index < -0.39 is 6.04 Å². The Kier molecular flexibility index (Phi) is 6.89. The molecule has 0 saturated carbocycles. The van der Waals surface area contributed by atoms with Crippen LogP contribution in [0.1, 0.15) is 24.5 Å². The smallest absolute Gasteiger partial charge is 0.242 e. The number of amides is 2. The molecule has 0 radical (unpaired) electrons. The summed E-state index contributed by atoms with van der Waals surface area (Å²) in [7, 11) is 1.58. The minimum absolute atomic E-state index is 0.0519. The van der Waals surface area contributed by atoms with E-state index in [-0.39, 0.29) is 11.8 Å². The monoisotopic (exact) mass is 408 g/mol. The van der Waals surface area contributed by atoms with Gasteiger partial charge in [0.1, 0.15) is 6.04 Å². The summed E-state index contributed by atoms with van der Waals surface area (Å²) in [5.41, 5.74) is 2.07. The Morgan fingerprint density at radius 1 is 1.00 bits per heavy atom. The lowest BCUT2D eigenvalue weighted by Gasteiger charge is -2.28. The highest BCUT2D eigenvalue weighted by Crippen LogP contribution is 2.21. The second-order valence-corrected chi connectivity index (χ2v) is 7.51. The van der Waals surface area contributed by atoms with Crippen molar-refractivity contribution in [1.82, 2.24) is 10.2 Å². The summed E-state index contributed by atoms with van der Waals surface area (Å²) in [5, 5.41) is 5.60. The maximum absolute atomic E-state index is 13.1. The first-order valence-corrected chi connectivity index (χ1v) is 10.1. The minimum atomic E-state index is -0.560. The van der Waals surface area contributed by atoms with Gasteiger partial charge in [-0.1, -0.05) is 66.2 Å². The van der Waals surface area contributed by atoms with Crippen LogP contribution in [0.5, 0.6) is 0 Å². The molecule has 0 heterocycles. The average molecular weight is 409 g/mol. The Morgan fingerprint density at radius 3 is 2.41 bits per heavy atom. The SMILES string of the molecule is CNC(=O)[C@@H](C)N(Cc1ccc(Cl)cc1)C(=O)CCc1cccc2ccccc12. The fraction of sp³-hybridized carbons (Fsp3) is 0.250. The Labute approximate surface area is 176 Å². The van der Waals surface area contributed by atoms with Gasteiger partial charge in [0, 0.05) is 25.0 Å². The molecule has 0 fully saturated rings. The van der Waals surface area contributed by atoms with Gasteiger partial charge in [0.2, 0.25) is 11.8 Å². The Balaban J connectivity index is 1.78. The molecule has 1 atom stereocenters. The standard InChI is InChI=1S/C24H25ClN2O2/c1-17(24(29)26-2)27(16-18-10-13-21(25)14-11-18)23(28)15-12-20-8-5-7-19-6-3-4-9-22(19)20/h3-11,13-14,17H,12,15-16H2,1-2H3,(H,26,29)/t17-/m1/s1. The van der Waals surface area contributed by atoms with Crippen LogP contribution in [-0.2, 0) is 22.6 Å². The van der Waals surface area contributed by atoms with Crippen molar-refractivity contribution in [2.45, 2.75) is 32.4 Å². The fourth-order valence-electron chi connectivity index (χ4n) is 3.47. The molecule has 3 aromatic carbocycles. The second kappa shape index (κ2) is 9.57. The molecular weight excluding hydrogens is 384 g/mol. The summed E-state index contributed by atoms with van der Waals surface area (Å²) in [5.74, 6) is -0.235. The molecular formula is C24H25ClN2O2. The summed E-state index contributed by atoms with van der Waals surface area (Å²) in [6.07, 6.45) is 0.959. The first kappa shape index (κ1) is 20.9. The molecule has 0 aliphatic heterocycles. The van der Waals surface area contributed by atoms with Crippen LogP contribution in [0.25, 0.3) is 10.8 Å². The number of carbonyl (C=O) groups is 2. The van der Waals surface area contributed by atoms with Gasteiger partial charge in [-0.2, -0.15) is 0 Å². The van der Waals surface area contributed by atoms with Crippen molar-refractivity contribution >= 4 is 34.2 Å². The zero-order valence-electron chi connectivity index (χ0n) is 16.7. The van der Waals surface area contributed by atoms with Crippen molar-refractivity contribution in [3.63, 3.8) is 0 Å². The first-order valence-electron chi connectivity index (χ1n) is 9.71. The zero-order chi connectivity index (χ0) is 20.8. The van der Waals surface area contributed by atoms with Crippen molar-refractivity contribution in [1.29, 1.82) is 0 Å². The van der Waals surface area contributed by atoms with E-state index in [9.17, 15) is 9.59 Å². The molecule has 0 aromatic heterocycles. The number of rotatable bonds is 7. The largest absolute Gasteiger partial charge is 0.357 e. The van der Waals surface area contributed by atoms with Crippen molar-refractivity contribution in [3.05, 3.63) is 82.9 Å². The number of nitrogens with one attached hydrogen (secondary N) is 1. The molecule has 5 heteroatoms. The predicted molar refractivity (Wildman–Crippen MR) is 118 cm³/mol. The van der Waals surface area contributed by atoms with Gasteiger partial charge in [-0.05, 0) is 47.4 Å². The molecule has 0 spiro atoms. The Morgan fingerprint density at radius 2 is 1.69 bits per heavy atom. The lowest BCUT2D eigenvalue weighted by atomic mass is 10.0. The second-order valence-electron chi connectivity index (χ2n) is 7.08. The highest BCUT2D eigenvalue weighted by atomic mass is 35.5. The molecule has 3 rings (SSSR count). The van der Waals surface area contributed by atoms with Gasteiger partial charge >= 0.3 is 0 Å². The van der Waals surface area contributed by atoms with E-state index >= 15 is 0 Å². The molecule has 0 saturated heterocycles. The number of halogens is 1. The maximum Gasteiger partial charge on any atom is 0.242 e. The van der Waals surface area contributed by atoms with E-state index in [2.05, 4.69) is 29.6 Å². The van der Waals surface area contributed by atoms with E-state index in [0.717, 1.165) is 21.9 Å². The van der Waals surface area contributed by atoms with Crippen molar-refractivity contribution in [3.8, 4) is 0 Å². The van der Waals surface area contributed by atoms with Crippen LogP contribution in [0.15, 0.2) is 66.7 Å². The van der Waals surface area contributed by atoms with E-state index in [1.165, 1.54) is 0 Å². The number of nitrogens with zero attached hydrogens (tertiary/aromatic N) is 1. The van der Waals surface area contributed by atoms with Crippen LogP contribution in [0.4, 0.5) is 0 Å². The number of aryl methyl sites for hydroxylation is 1. The number of hydrogen-bond acceptors (Lipinski definition) is 2. The molecule has 2 amide bonds. The highest BCUT2D eigenvalue weighted by Gasteiger charge is 2.25. The van der Waals surface area contributed by atoms with Crippen molar-refractivity contribution in [2.24, 2.45) is 0 Å². The predicted octanol–water partition coefficient (Wildman–Crippen LogP) is 4.59. The first-order chi connectivity index (χ1) is 14.0. The maximum atomic E-state index is 13.1. The van der Waals surface area contributed by atoms with Gasteiger partial charge in [-0.25, -0.2) is 0 Å². The molecule has 0 unspecified atom stereocenters. The van der Waals surface area contributed by atoms with Crippen LogP contribution < -0.4 is 5.32 Å². The van der Waals surface area contributed by atoms with Gasteiger partial charge in [0.15, 0.2) is 0 Å². The third-order valence-corrected chi connectivity index (χ3v) is 5.42. The van der Waals surface area contributed by atoms with Crippen LogP contribution >= 0.6 is 11.6 Å². The summed E-state index contributed by atoms with van der Waals surface area (Å²) in [6.45, 7) is 2.12. The average Bonchev–Trinajstić information content (AvgIpc) is 2.76. The van der Waals surface area contributed by atoms with Crippen LogP contribution in [0.3, 0.4) is 0 Å². The van der Waals surface area contributed by atoms with E-state index in [0.29, 0.717) is 24.4 Å². The molecule has 150 valence electrons. The molecule has 0 bridgehead atoms. The molecule has 1 N–H and O–H groups in total. The number of hydrogen-bond donors (Lipinski definition) is 1. The van der Waals surface area contributed by atoms with Gasteiger partial charge in [0.25, 0.3) is 0 Å². The lowest BCUT2D eigenvalue weighted by Crippen LogP contribution is -2.46. The Bertz CT molecular complexity index is 996. The summed E-state index contributed by atoms with van der Waals surface area (Å²) in [4.78, 5) is 27.0. The van der Waals surface area contributed by atoms with Crippen LogP contribution in [0.2, 0.25) is 5.02 Å². The topological polar surface area (TPSA) is 49.4 Å². The van der Waals surface area contributed by atoms with Crippen molar-refractivity contribution < 1.29 is 9.59 Å². The fourth-order valence-corrected chi connectivity index (χ4v) is 3.60. The van der Waals surface area contributed by atoms with Gasteiger partial charge in [-0.3, -0.25) is 9.59 Å². The number of fused-ring (bicyclic) bond motifs is 1. The van der Waals surface area contributed by atoms with Gasteiger partial charge in [-0.15, -0.1) is 0 Å². The summed E-state index contributed by atoms with van der Waals surface area (Å²) >= 11 is 5.97. The molecule has 29 heavy (non-hydrogen) atoms. The molecule has 0 aliphatic carbocycles. The summed E-state index contributed by atoms with van der Waals surface area (Å²) in [6, 6.07) is 21.1. The summed E-state index contributed by atoms with van der Waals surface area (Å²) < 4.78 is 0. The Hall–Kier alpha value is -2.85. The lowest BCUT2D eigenvalue weighted by molar-refractivity contribution is -0.140. The minimum Gasteiger partial charge on any atom is -0.357 e. The van der Waals surface area contributed by atoms with Gasteiger partial charge < -0.3 is 10.2 Å². The molecule has 3 aromatic rings. The number of likely N-dealkylation sites (N-methyl/N-ethyl adjacent to an activating group) is 1. The molecule has 4 nitrogen and oxygen atoms in total. The van der Waals surface area contributed by atoms with E-state index in [4.69, 9.17) is 11.6 Å². The van der Waals surface area contributed by atoms with Crippen molar-refractivity contribution in [2.75, 3.05) is 7.05 Å². The van der Waals surface area contributed by atoms with Gasteiger partial charge in [0.05, 0.1) is 0 Å². The third-order valence-electron chi connectivity index (χ3n) is 5.17. The zero-order valence-corrected chi connectivity index (χ0v) is 17.4. The van der Waals surface area contributed by atoms with E-state index in [1.807, 2.05) is 30.3 Å². The van der Waals surface area contributed by atoms with Crippen LogP contribution in [-0.4, -0.2) is 29.8 Å². The third kappa shape index (κ3) is 5.15. The molecule has 0 aliphatic rings. The number of benzene rings is 3. The quantitative estimate of drug-likeness (QED) is 0.621. The van der Waals surface area contributed by atoms with Crippen LogP contribution in [0, 0.1) is 0 Å². The van der Waals surface area contributed by atoms with E-state index in [1.54, 1.807) is 31.0 Å². The highest BCUT2D eigenvalue weighted by molar-refractivity contribution is 6.30. The number of carbonyl (C=O) groups excluding carboxylic acids is 2. The normalized spacial score (nSPS) is 11.8.